The van der Waals surface area contributed by atoms with Crippen LogP contribution in [0.25, 0.3) is 0 Å². The van der Waals surface area contributed by atoms with E-state index in [4.69, 9.17) is 9.47 Å². The smallest absolute Gasteiger partial charge is 0.319 e. The number of carbonyl (C=O) groups excluding carboxylic acids is 4. The number of aromatic nitrogens is 1. The van der Waals surface area contributed by atoms with Gasteiger partial charge in [0.05, 0.1) is 32.1 Å². The molecule has 0 aliphatic carbocycles. The number of rotatable bonds is 13. The van der Waals surface area contributed by atoms with Crippen molar-refractivity contribution in [2.75, 3.05) is 19.5 Å². The van der Waals surface area contributed by atoms with E-state index in [2.05, 4.69) is 26.3 Å². The molecule has 0 aliphatic heterocycles. The van der Waals surface area contributed by atoms with Crippen LogP contribution in [0.15, 0.2) is 42.7 Å². The number of ether oxygens (including phenoxy) is 2. The van der Waals surface area contributed by atoms with E-state index in [0.717, 1.165) is 0 Å². The number of urea groups is 1. The molecule has 0 saturated heterocycles. The molecule has 0 radical (unpaired) electrons. The Bertz CT molecular complexity index is 1050. The molecule has 2 atom stereocenters. The zero-order chi connectivity index (χ0) is 27.4. The molecule has 1 aromatic carbocycles. The van der Waals surface area contributed by atoms with Crippen molar-refractivity contribution in [3.05, 3.63) is 48.3 Å². The summed E-state index contributed by atoms with van der Waals surface area (Å²) in [6, 6.07) is 5.90. The molecule has 0 saturated carbocycles. The van der Waals surface area contributed by atoms with Gasteiger partial charge in [-0.3, -0.25) is 19.4 Å². The predicted molar refractivity (Wildman–Crippen MR) is 138 cm³/mol. The molecule has 11 heteroatoms. The molecule has 1 heterocycles. The van der Waals surface area contributed by atoms with Crippen molar-refractivity contribution < 1.29 is 28.7 Å². The van der Waals surface area contributed by atoms with E-state index in [-0.39, 0.29) is 18.9 Å². The second-order valence-corrected chi connectivity index (χ2v) is 8.76. The zero-order valence-corrected chi connectivity index (χ0v) is 21.8. The quantitative estimate of drug-likeness (QED) is 0.301. The lowest BCUT2D eigenvalue weighted by atomic mass is 10.0. The van der Waals surface area contributed by atoms with Crippen LogP contribution < -0.4 is 30.7 Å². The highest BCUT2D eigenvalue weighted by molar-refractivity contribution is 6.38. The minimum Gasteiger partial charge on any atom is -0.497 e. The first-order chi connectivity index (χ1) is 17.7. The minimum atomic E-state index is -1.05. The van der Waals surface area contributed by atoms with Crippen molar-refractivity contribution in [3.8, 4) is 11.5 Å². The van der Waals surface area contributed by atoms with Gasteiger partial charge in [-0.2, -0.15) is 0 Å². The van der Waals surface area contributed by atoms with Gasteiger partial charge in [-0.15, -0.1) is 0 Å². The topological polar surface area (TPSA) is 148 Å². The van der Waals surface area contributed by atoms with Crippen molar-refractivity contribution in [2.45, 2.75) is 52.2 Å². The molecule has 4 N–H and O–H groups in total. The number of ketones is 1. The van der Waals surface area contributed by atoms with E-state index in [1.165, 1.54) is 20.4 Å². The SMILES string of the molecule is CCC(NC(=O)[C@H](CC(C)C)NC(=O)Nc1cccnc1)C(=O)C(=O)NCc1cc(OC)cc(OC)c1. The minimum absolute atomic E-state index is 0.0640. The van der Waals surface area contributed by atoms with Crippen LogP contribution in [-0.4, -0.2) is 54.9 Å². The first-order valence-electron chi connectivity index (χ1n) is 12.0. The van der Waals surface area contributed by atoms with Gasteiger partial charge in [-0.25, -0.2) is 4.79 Å². The van der Waals surface area contributed by atoms with Crippen molar-refractivity contribution in [2.24, 2.45) is 5.92 Å². The van der Waals surface area contributed by atoms with E-state index in [1.54, 1.807) is 43.5 Å². The van der Waals surface area contributed by atoms with Gasteiger partial charge in [0.25, 0.3) is 5.91 Å². The predicted octanol–water partition coefficient (Wildman–Crippen LogP) is 2.42. The highest BCUT2D eigenvalue weighted by Gasteiger charge is 2.29. The molecule has 1 aromatic heterocycles. The Morgan fingerprint density at radius 3 is 2.19 bits per heavy atom. The maximum Gasteiger partial charge on any atom is 0.319 e. The molecule has 2 rings (SSSR count). The van der Waals surface area contributed by atoms with Crippen LogP contribution in [0.5, 0.6) is 11.5 Å². The van der Waals surface area contributed by atoms with Crippen molar-refractivity contribution in [3.63, 3.8) is 0 Å². The Balaban J connectivity index is 2.01. The maximum atomic E-state index is 13.0. The lowest BCUT2D eigenvalue weighted by Crippen LogP contribution is -2.54. The molecule has 0 bridgehead atoms. The zero-order valence-electron chi connectivity index (χ0n) is 21.8. The Hall–Kier alpha value is -4.15. The number of benzene rings is 1. The molecule has 37 heavy (non-hydrogen) atoms. The van der Waals surface area contributed by atoms with Crippen LogP contribution in [0.3, 0.4) is 0 Å². The number of methoxy groups -OCH3 is 2. The van der Waals surface area contributed by atoms with Gasteiger partial charge in [0.1, 0.15) is 17.5 Å². The maximum absolute atomic E-state index is 13.0. The van der Waals surface area contributed by atoms with Crippen molar-refractivity contribution in [1.29, 1.82) is 0 Å². The average molecular weight is 514 g/mol. The van der Waals surface area contributed by atoms with Crippen molar-refractivity contribution >= 4 is 29.3 Å². The molecule has 1 unspecified atom stereocenters. The van der Waals surface area contributed by atoms with Gasteiger partial charge in [-0.1, -0.05) is 20.8 Å². The van der Waals surface area contributed by atoms with Gasteiger partial charge < -0.3 is 30.7 Å². The van der Waals surface area contributed by atoms with Gasteiger partial charge in [0.2, 0.25) is 11.7 Å². The summed E-state index contributed by atoms with van der Waals surface area (Å²) in [4.78, 5) is 54.8. The third kappa shape index (κ3) is 9.43. The van der Waals surface area contributed by atoms with E-state index >= 15 is 0 Å². The van der Waals surface area contributed by atoms with Crippen LogP contribution in [0.2, 0.25) is 0 Å². The molecule has 200 valence electrons. The van der Waals surface area contributed by atoms with E-state index in [1.807, 2.05) is 13.8 Å². The summed E-state index contributed by atoms with van der Waals surface area (Å²) in [6.45, 7) is 5.56. The van der Waals surface area contributed by atoms with Gasteiger partial charge in [0, 0.05) is 18.8 Å². The summed E-state index contributed by atoms with van der Waals surface area (Å²) in [6.07, 6.45) is 3.58. The third-order valence-electron chi connectivity index (χ3n) is 5.38. The summed E-state index contributed by atoms with van der Waals surface area (Å²) < 4.78 is 10.4. The summed E-state index contributed by atoms with van der Waals surface area (Å²) in [5, 5.41) is 10.4. The largest absolute Gasteiger partial charge is 0.497 e. The van der Waals surface area contributed by atoms with Gasteiger partial charge >= 0.3 is 6.03 Å². The monoisotopic (exact) mass is 513 g/mol. The summed E-state index contributed by atoms with van der Waals surface area (Å²) in [5.74, 6) is -1.01. The molecular weight excluding hydrogens is 478 g/mol. The Labute approximate surface area is 216 Å². The standard InChI is InChI=1S/C26H35N5O6/c1-6-21(23(32)25(34)28-14-17-11-19(36-4)13-20(12-17)37-5)30-24(33)22(10-16(2)3)31-26(35)29-18-8-7-9-27-15-18/h7-9,11-13,15-16,21-22H,6,10,14H2,1-5H3,(H,28,34)(H,30,33)(H2,29,31,35)/t21?,22-/m0/s1. The number of nitrogens with one attached hydrogen (secondary N) is 4. The fraction of sp³-hybridized carbons (Fsp3) is 0.423. The first kappa shape index (κ1) is 29.1. The number of nitrogens with zero attached hydrogens (tertiary/aromatic N) is 1. The van der Waals surface area contributed by atoms with E-state index < -0.39 is 35.7 Å². The van der Waals surface area contributed by atoms with Crippen LogP contribution in [0.1, 0.15) is 39.2 Å². The average Bonchev–Trinajstić information content (AvgIpc) is 2.89. The highest BCUT2D eigenvalue weighted by Crippen LogP contribution is 2.22. The fourth-order valence-electron chi connectivity index (χ4n) is 3.49. The number of amides is 4. The third-order valence-corrected chi connectivity index (χ3v) is 5.38. The number of Topliss-reactive ketones (excluding diaryl/α,β-unsaturated/α-hetero) is 1. The number of hydrogen-bond acceptors (Lipinski definition) is 7. The van der Waals surface area contributed by atoms with Crippen LogP contribution in [-0.2, 0) is 20.9 Å². The second kappa shape index (κ2) is 14.4. The van der Waals surface area contributed by atoms with E-state index in [9.17, 15) is 19.2 Å². The van der Waals surface area contributed by atoms with Crippen LogP contribution in [0, 0.1) is 5.92 Å². The lowest BCUT2D eigenvalue weighted by molar-refractivity contribution is -0.140. The lowest BCUT2D eigenvalue weighted by Gasteiger charge is -2.23. The fourth-order valence-corrected chi connectivity index (χ4v) is 3.49. The van der Waals surface area contributed by atoms with E-state index in [0.29, 0.717) is 29.2 Å². The van der Waals surface area contributed by atoms with Crippen LogP contribution >= 0.6 is 0 Å². The number of hydrogen-bond donors (Lipinski definition) is 4. The number of carbonyl (C=O) groups is 4. The normalized spacial score (nSPS) is 12.2. The summed E-state index contributed by atoms with van der Waals surface area (Å²) in [7, 11) is 3.03. The van der Waals surface area contributed by atoms with Crippen molar-refractivity contribution in [1.82, 2.24) is 20.9 Å². The second-order valence-electron chi connectivity index (χ2n) is 8.76. The molecule has 2 aromatic rings. The number of pyridine rings is 1. The first-order valence-corrected chi connectivity index (χ1v) is 12.0. The van der Waals surface area contributed by atoms with Gasteiger partial charge in [-0.05, 0) is 48.6 Å². The Morgan fingerprint density at radius 2 is 1.65 bits per heavy atom. The molecule has 4 amide bonds. The highest BCUT2D eigenvalue weighted by atomic mass is 16.5. The van der Waals surface area contributed by atoms with Gasteiger partial charge in [0.15, 0.2) is 0 Å². The molecular formula is C26H35N5O6. The Morgan fingerprint density at radius 1 is 0.973 bits per heavy atom. The summed E-state index contributed by atoms with van der Waals surface area (Å²) in [5.41, 5.74) is 1.14. The Kier molecular flexibility index (Phi) is 11.3. The number of anilines is 1. The molecule has 0 aliphatic rings. The van der Waals surface area contributed by atoms with Crippen LogP contribution in [0.4, 0.5) is 10.5 Å². The molecule has 11 nitrogen and oxygen atoms in total. The molecule has 0 spiro atoms. The summed E-state index contributed by atoms with van der Waals surface area (Å²) >= 11 is 0. The molecule has 0 fully saturated rings.